The average molecular weight is 267 g/mol. The van der Waals surface area contributed by atoms with Crippen LogP contribution >= 0.6 is 0 Å². The number of ether oxygens (including phenoxy) is 2. The van der Waals surface area contributed by atoms with Crippen molar-refractivity contribution in [2.45, 2.75) is 57.9 Å². The first kappa shape index (κ1) is 14.3. The Labute approximate surface area is 115 Å². The van der Waals surface area contributed by atoms with Gasteiger partial charge in [0.25, 0.3) is 0 Å². The lowest BCUT2D eigenvalue weighted by molar-refractivity contribution is -0.0662. The van der Waals surface area contributed by atoms with Crippen molar-refractivity contribution < 1.29 is 9.47 Å². The fraction of sp³-hybridized carbons (Fsp3) is 0.786. The van der Waals surface area contributed by atoms with Gasteiger partial charge in [-0.25, -0.2) is 0 Å². The highest BCUT2D eigenvalue weighted by molar-refractivity contribution is 5.40. The molecule has 108 valence electrons. The molecule has 1 aromatic rings. The largest absolute Gasteiger partial charge is 0.383 e. The standard InChI is InChI=1S/C14H25N3O2/c1-13(2)8-12(14(3,4)19-13)16-11-9-15-17(10-11)6-7-18-5/h9-10,12,16H,6-8H2,1-5H3. The minimum absolute atomic E-state index is 0.0762. The molecule has 1 saturated heterocycles. The van der Waals surface area contributed by atoms with Crippen LogP contribution in [0.3, 0.4) is 0 Å². The number of nitrogens with one attached hydrogen (secondary N) is 1. The van der Waals surface area contributed by atoms with Crippen molar-refractivity contribution in [3.05, 3.63) is 12.4 Å². The van der Waals surface area contributed by atoms with Gasteiger partial charge in [0.2, 0.25) is 0 Å². The molecule has 0 spiro atoms. The summed E-state index contributed by atoms with van der Waals surface area (Å²) in [5, 5.41) is 7.85. The van der Waals surface area contributed by atoms with Crippen LogP contribution in [0, 0.1) is 0 Å². The van der Waals surface area contributed by atoms with Crippen molar-refractivity contribution in [1.82, 2.24) is 9.78 Å². The summed E-state index contributed by atoms with van der Waals surface area (Å²) >= 11 is 0. The number of rotatable bonds is 5. The lowest BCUT2D eigenvalue weighted by atomic mass is 9.94. The van der Waals surface area contributed by atoms with Crippen LogP contribution in [-0.4, -0.2) is 40.7 Å². The van der Waals surface area contributed by atoms with E-state index in [2.05, 4.69) is 38.1 Å². The molecular weight excluding hydrogens is 242 g/mol. The van der Waals surface area contributed by atoms with Gasteiger partial charge in [-0.15, -0.1) is 0 Å². The highest BCUT2D eigenvalue weighted by Crippen LogP contribution is 2.38. The van der Waals surface area contributed by atoms with Gasteiger partial charge < -0.3 is 14.8 Å². The van der Waals surface area contributed by atoms with Gasteiger partial charge in [-0.05, 0) is 34.1 Å². The molecule has 1 unspecified atom stereocenters. The smallest absolute Gasteiger partial charge is 0.0834 e. The summed E-state index contributed by atoms with van der Waals surface area (Å²) in [6.07, 6.45) is 4.86. The summed E-state index contributed by atoms with van der Waals surface area (Å²) in [4.78, 5) is 0. The summed E-state index contributed by atoms with van der Waals surface area (Å²) in [6, 6.07) is 0.294. The highest BCUT2D eigenvalue weighted by Gasteiger charge is 2.45. The molecule has 0 radical (unpaired) electrons. The normalized spacial score (nSPS) is 24.6. The van der Waals surface area contributed by atoms with Crippen molar-refractivity contribution in [1.29, 1.82) is 0 Å². The molecule has 1 aliphatic rings. The molecule has 0 aliphatic carbocycles. The van der Waals surface area contributed by atoms with E-state index < -0.39 is 0 Å². The van der Waals surface area contributed by atoms with E-state index >= 15 is 0 Å². The van der Waals surface area contributed by atoms with Crippen molar-refractivity contribution in [2.75, 3.05) is 19.0 Å². The summed E-state index contributed by atoms with van der Waals surface area (Å²) in [5.74, 6) is 0. The van der Waals surface area contributed by atoms with Crippen LogP contribution in [0.1, 0.15) is 34.1 Å². The van der Waals surface area contributed by atoms with Crippen molar-refractivity contribution >= 4 is 5.69 Å². The topological polar surface area (TPSA) is 48.3 Å². The summed E-state index contributed by atoms with van der Waals surface area (Å²) in [5.41, 5.74) is 0.793. The number of hydrogen-bond acceptors (Lipinski definition) is 4. The van der Waals surface area contributed by atoms with Crippen LogP contribution < -0.4 is 5.32 Å². The summed E-state index contributed by atoms with van der Waals surface area (Å²) in [7, 11) is 1.70. The Morgan fingerprint density at radius 1 is 1.47 bits per heavy atom. The first-order valence-corrected chi connectivity index (χ1v) is 6.80. The van der Waals surface area contributed by atoms with Crippen LogP contribution in [-0.2, 0) is 16.0 Å². The van der Waals surface area contributed by atoms with E-state index in [0.29, 0.717) is 12.6 Å². The minimum Gasteiger partial charge on any atom is -0.383 e. The fourth-order valence-corrected chi connectivity index (χ4v) is 2.73. The van der Waals surface area contributed by atoms with E-state index in [9.17, 15) is 0 Å². The molecular formula is C14H25N3O2. The number of nitrogens with zero attached hydrogens (tertiary/aromatic N) is 2. The first-order chi connectivity index (χ1) is 8.82. The predicted octanol–water partition coefficient (Wildman–Crippen LogP) is 2.29. The number of methoxy groups -OCH3 is 1. The minimum atomic E-state index is -0.169. The molecule has 1 fully saturated rings. The maximum Gasteiger partial charge on any atom is 0.0834 e. The SMILES string of the molecule is COCCn1cc(NC2CC(C)(C)OC2(C)C)cn1. The van der Waals surface area contributed by atoms with Gasteiger partial charge in [0.1, 0.15) is 0 Å². The van der Waals surface area contributed by atoms with E-state index in [1.165, 1.54) is 0 Å². The number of hydrogen-bond donors (Lipinski definition) is 1. The fourth-order valence-electron chi connectivity index (χ4n) is 2.73. The van der Waals surface area contributed by atoms with Gasteiger partial charge in [-0.1, -0.05) is 0 Å². The zero-order chi connectivity index (χ0) is 14.1. The monoisotopic (exact) mass is 267 g/mol. The summed E-state index contributed by atoms with van der Waals surface area (Å²) in [6.45, 7) is 9.99. The molecule has 1 atom stereocenters. The van der Waals surface area contributed by atoms with Gasteiger partial charge in [0, 0.05) is 13.3 Å². The lowest BCUT2D eigenvalue weighted by Crippen LogP contribution is -2.38. The number of aromatic nitrogens is 2. The molecule has 0 aromatic carbocycles. The highest BCUT2D eigenvalue weighted by atomic mass is 16.5. The molecule has 1 aromatic heterocycles. The van der Waals surface area contributed by atoms with Crippen molar-refractivity contribution in [3.8, 4) is 0 Å². The van der Waals surface area contributed by atoms with Crippen molar-refractivity contribution in [2.24, 2.45) is 0 Å². The van der Waals surface area contributed by atoms with E-state index in [1.54, 1.807) is 7.11 Å². The zero-order valence-corrected chi connectivity index (χ0v) is 12.6. The quantitative estimate of drug-likeness (QED) is 0.889. The Bertz CT molecular complexity index is 426. The Balaban J connectivity index is 1.99. The zero-order valence-electron chi connectivity index (χ0n) is 12.6. The maximum absolute atomic E-state index is 6.08. The molecule has 1 aliphatic heterocycles. The van der Waals surface area contributed by atoms with E-state index in [-0.39, 0.29) is 11.2 Å². The Kier molecular flexibility index (Phi) is 3.87. The lowest BCUT2D eigenvalue weighted by Gasteiger charge is -2.27. The second-order valence-electron chi connectivity index (χ2n) is 6.35. The molecule has 19 heavy (non-hydrogen) atoms. The first-order valence-electron chi connectivity index (χ1n) is 6.80. The van der Waals surface area contributed by atoms with Gasteiger partial charge in [0.15, 0.2) is 0 Å². The van der Waals surface area contributed by atoms with Crippen LogP contribution in [0.4, 0.5) is 5.69 Å². The Morgan fingerprint density at radius 3 is 2.79 bits per heavy atom. The second kappa shape index (κ2) is 5.13. The molecule has 0 saturated carbocycles. The van der Waals surface area contributed by atoms with Crippen LogP contribution in [0.25, 0.3) is 0 Å². The van der Waals surface area contributed by atoms with Gasteiger partial charge in [0.05, 0.1) is 42.3 Å². The molecule has 1 N–H and O–H groups in total. The molecule has 5 nitrogen and oxygen atoms in total. The van der Waals surface area contributed by atoms with Crippen LogP contribution in [0.5, 0.6) is 0 Å². The number of anilines is 1. The van der Waals surface area contributed by atoms with E-state index in [0.717, 1.165) is 18.7 Å². The molecule has 2 heterocycles. The second-order valence-corrected chi connectivity index (χ2v) is 6.35. The summed E-state index contributed by atoms with van der Waals surface area (Å²) < 4.78 is 13.0. The molecule has 5 heteroatoms. The Morgan fingerprint density at radius 2 is 2.21 bits per heavy atom. The van der Waals surface area contributed by atoms with Crippen LogP contribution in [0.2, 0.25) is 0 Å². The predicted molar refractivity (Wildman–Crippen MR) is 75.4 cm³/mol. The average Bonchev–Trinajstić information content (AvgIpc) is 2.78. The molecule has 0 bridgehead atoms. The van der Waals surface area contributed by atoms with Gasteiger partial charge in [-0.3, -0.25) is 4.68 Å². The third-order valence-electron chi connectivity index (χ3n) is 3.57. The third-order valence-corrected chi connectivity index (χ3v) is 3.57. The van der Waals surface area contributed by atoms with Crippen molar-refractivity contribution in [3.63, 3.8) is 0 Å². The Hall–Kier alpha value is -1.07. The van der Waals surface area contributed by atoms with E-state index in [1.807, 2.05) is 17.1 Å². The molecule has 0 amide bonds. The maximum atomic E-state index is 6.08. The van der Waals surface area contributed by atoms with E-state index in [4.69, 9.17) is 9.47 Å². The third kappa shape index (κ3) is 3.48. The molecule has 2 rings (SSSR count). The van der Waals surface area contributed by atoms with Gasteiger partial charge in [-0.2, -0.15) is 5.10 Å². The van der Waals surface area contributed by atoms with Gasteiger partial charge >= 0.3 is 0 Å². The van der Waals surface area contributed by atoms with Crippen LogP contribution in [0.15, 0.2) is 12.4 Å².